The molecule has 1 aliphatic heterocycles. The molecule has 0 aromatic heterocycles. The Kier molecular flexibility index (Phi) is 8.59. The Morgan fingerprint density at radius 1 is 1.03 bits per heavy atom. The lowest BCUT2D eigenvalue weighted by Gasteiger charge is -2.37. The van der Waals surface area contributed by atoms with Gasteiger partial charge in [-0.3, -0.25) is 9.59 Å². The number of benzene rings is 2. The Labute approximate surface area is 185 Å². The maximum Gasteiger partial charge on any atom is 0.252 e. The van der Waals surface area contributed by atoms with Crippen LogP contribution < -0.4 is 10.6 Å². The molecule has 1 heterocycles. The van der Waals surface area contributed by atoms with Crippen molar-refractivity contribution in [3.8, 4) is 0 Å². The highest BCUT2D eigenvalue weighted by Crippen LogP contribution is 2.28. The predicted octanol–water partition coefficient (Wildman–Crippen LogP) is 3.70. The van der Waals surface area contributed by atoms with Crippen LogP contribution in [0.5, 0.6) is 0 Å². The fraction of sp³-hybridized carbons (Fsp3) is 0.417. The SMILES string of the molecule is COCC1(CNC(=O)c2ccccc2C(=O)c2ccc(C)c(C)c2)CCNCC1.Cl. The lowest BCUT2D eigenvalue weighted by Crippen LogP contribution is -2.47. The van der Waals surface area contributed by atoms with E-state index in [9.17, 15) is 9.59 Å². The van der Waals surface area contributed by atoms with Crippen LogP contribution in [0.2, 0.25) is 0 Å². The van der Waals surface area contributed by atoms with Gasteiger partial charge >= 0.3 is 0 Å². The van der Waals surface area contributed by atoms with Gasteiger partial charge in [-0.15, -0.1) is 12.4 Å². The number of hydrogen-bond donors (Lipinski definition) is 2. The van der Waals surface area contributed by atoms with Gasteiger partial charge in [0.05, 0.1) is 12.2 Å². The molecule has 1 amide bonds. The van der Waals surface area contributed by atoms with Crippen LogP contribution in [0.25, 0.3) is 0 Å². The van der Waals surface area contributed by atoms with Gasteiger partial charge in [-0.1, -0.05) is 30.3 Å². The number of nitrogens with one attached hydrogen (secondary N) is 2. The molecule has 5 nitrogen and oxygen atoms in total. The Morgan fingerprint density at radius 2 is 1.70 bits per heavy atom. The smallest absolute Gasteiger partial charge is 0.252 e. The van der Waals surface area contributed by atoms with E-state index in [1.165, 1.54) is 0 Å². The zero-order chi connectivity index (χ0) is 20.9. The van der Waals surface area contributed by atoms with E-state index in [4.69, 9.17) is 4.74 Å². The Bertz CT molecular complexity index is 886. The number of rotatable bonds is 7. The molecule has 1 fully saturated rings. The lowest BCUT2D eigenvalue weighted by atomic mass is 9.79. The van der Waals surface area contributed by atoms with Crippen molar-refractivity contribution < 1.29 is 14.3 Å². The van der Waals surface area contributed by atoms with Crippen LogP contribution in [0, 0.1) is 19.3 Å². The van der Waals surface area contributed by atoms with Crippen LogP contribution in [0.3, 0.4) is 0 Å². The minimum atomic E-state index is -0.216. The van der Waals surface area contributed by atoms with Gasteiger partial charge in [-0.05, 0) is 63.0 Å². The molecule has 3 rings (SSSR count). The predicted molar refractivity (Wildman–Crippen MR) is 122 cm³/mol. The van der Waals surface area contributed by atoms with Crippen molar-refractivity contribution in [3.63, 3.8) is 0 Å². The Hall–Kier alpha value is -2.21. The molecular formula is C24H31ClN2O3. The van der Waals surface area contributed by atoms with Gasteiger partial charge in [0.1, 0.15) is 0 Å². The van der Waals surface area contributed by atoms with Crippen LogP contribution in [-0.4, -0.2) is 45.0 Å². The third-order valence-electron chi connectivity index (χ3n) is 5.92. The van der Waals surface area contributed by atoms with E-state index >= 15 is 0 Å². The highest BCUT2D eigenvalue weighted by molar-refractivity contribution is 6.15. The maximum atomic E-state index is 13.1. The average molecular weight is 431 g/mol. The fourth-order valence-corrected chi connectivity index (χ4v) is 3.92. The van der Waals surface area contributed by atoms with Gasteiger partial charge < -0.3 is 15.4 Å². The third-order valence-corrected chi connectivity index (χ3v) is 5.92. The first-order valence-electron chi connectivity index (χ1n) is 10.1. The number of piperidine rings is 1. The van der Waals surface area contributed by atoms with Crippen molar-refractivity contribution in [1.29, 1.82) is 0 Å². The van der Waals surface area contributed by atoms with Crippen LogP contribution in [-0.2, 0) is 4.74 Å². The van der Waals surface area contributed by atoms with Crippen molar-refractivity contribution in [2.45, 2.75) is 26.7 Å². The molecule has 1 saturated heterocycles. The molecular weight excluding hydrogens is 400 g/mol. The van der Waals surface area contributed by atoms with Gasteiger partial charge in [0, 0.05) is 30.2 Å². The Morgan fingerprint density at radius 3 is 2.33 bits per heavy atom. The molecule has 2 aromatic rings. The van der Waals surface area contributed by atoms with Crippen molar-refractivity contribution in [2.24, 2.45) is 5.41 Å². The van der Waals surface area contributed by atoms with E-state index in [2.05, 4.69) is 10.6 Å². The van der Waals surface area contributed by atoms with Gasteiger partial charge in [-0.25, -0.2) is 0 Å². The van der Waals surface area contributed by atoms with Crippen molar-refractivity contribution >= 4 is 24.1 Å². The molecule has 0 bridgehead atoms. The van der Waals surface area contributed by atoms with E-state index in [1.54, 1.807) is 31.4 Å². The van der Waals surface area contributed by atoms with Crippen molar-refractivity contribution in [1.82, 2.24) is 10.6 Å². The second-order valence-electron chi connectivity index (χ2n) is 8.04. The molecule has 0 atom stereocenters. The third kappa shape index (κ3) is 5.48. The van der Waals surface area contributed by atoms with Gasteiger partial charge in [0.2, 0.25) is 0 Å². The van der Waals surface area contributed by atoms with Crippen molar-refractivity contribution in [3.05, 3.63) is 70.3 Å². The second kappa shape index (κ2) is 10.7. The van der Waals surface area contributed by atoms with Gasteiger partial charge in [0.25, 0.3) is 5.91 Å². The summed E-state index contributed by atoms with van der Waals surface area (Å²) in [6, 6.07) is 12.7. The first kappa shape index (κ1) is 24.1. The minimum Gasteiger partial charge on any atom is -0.384 e. The standard InChI is InChI=1S/C24H30N2O3.ClH/c1-17-8-9-19(14-18(17)2)22(27)20-6-4-5-7-21(20)23(28)26-15-24(16-29-3)10-12-25-13-11-24;/h4-9,14,25H,10-13,15-16H2,1-3H3,(H,26,28);1H. The van der Waals surface area contributed by atoms with Crippen LogP contribution >= 0.6 is 12.4 Å². The largest absolute Gasteiger partial charge is 0.384 e. The summed E-state index contributed by atoms with van der Waals surface area (Å²) in [5.41, 5.74) is 3.57. The van der Waals surface area contributed by atoms with E-state index in [1.807, 2.05) is 32.0 Å². The van der Waals surface area contributed by atoms with E-state index in [-0.39, 0.29) is 29.5 Å². The van der Waals surface area contributed by atoms with E-state index in [0.29, 0.717) is 29.8 Å². The number of ether oxygens (including phenoxy) is 1. The molecule has 162 valence electrons. The Balaban J connectivity index is 0.00000320. The molecule has 0 aliphatic carbocycles. The summed E-state index contributed by atoms with van der Waals surface area (Å²) in [7, 11) is 1.70. The maximum absolute atomic E-state index is 13.1. The van der Waals surface area contributed by atoms with E-state index < -0.39 is 0 Å². The summed E-state index contributed by atoms with van der Waals surface area (Å²) in [6.07, 6.45) is 1.90. The molecule has 0 unspecified atom stereocenters. The summed E-state index contributed by atoms with van der Waals surface area (Å²) in [5.74, 6) is -0.348. The number of hydrogen-bond acceptors (Lipinski definition) is 4. The molecule has 30 heavy (non-hydrogen) atoms. The van der Waals surface area contributed by atoms with Crippen LogP contribution in [0.4, 0.5) is 0 Å². The summed E-state index contributed by atoms with van der Waals surface area (Å²) in [4.78, 5) is 26.1. The zero-order valence-electron chi connectivity index (χ0n) is 17.9. The fourth-order valence-electron chi connectivity index (χ4n) is 3.92. The van der Waals surface area contributed by atoms with Crippen molar-refractivity contribution in [2.75, 3.05) is 33.4 Å². The molecule has 6 heteroatoms. The normalized spacial score (nSPS) is 15.2. The number of amides is 1. The number of ketones is 1. The first-order chi connectivity index (χ1) is 14.0. The molecule has 0 spiro atoms. The van der Waals surface area contributed by atoms with E-state index in [0.717, 1.165) is 37.1 Å². The summed E-state index contributed by atoms with van der Waals surface area (Å²) in [6.45, 7) is 6.98. The van der Waals surface area contributed by atoms with Gasteiger partial charge in [-0.2, -0.15) is 0 Å². The molecule has 0 radical (unpaired) electrons. The second-order valence-corrected chi connectivity index (χ2v) is 8.04. The number of halogens is 1. The average Bonchev–Trinajstić information content (AvgIpc) is 2.74. The lowest BCUT2D eigenvalue weighted by molar-refractivity contribution is 0.0511. The summed E-state index contributed by atoms with van der Waals surface area (Å²) < 4.78 is 5.43. The highest BCUT2D eigenvalue weighted by atomic mass is 35.5. The topological polar surface area (TPSA) is 67.4 Å². The number of carbonyl (C=O) groups is 2. The molecule has 0 saturated carbocycles. The monoisotopic (exact) mass is 430 g/mol. The van der Waals surface area contributed by atoms with Gasteiger partial charge in [0.15, 0.2) is 5.78 Å². The minimum absolute atomic E-state index is 0. The summed E-state index contributed by atoms with van der Waals surface area (Å²) >= 11 is 0. The highest BCUT2D eigenvalue weighted by Gasteiger charge is 2.33. The number of aryl methyl sites for hydroxylation is 2. The quantitative estimate of drug-likeness (QED) is 0.657. The zero-order valence-corrected chi connectivity index (χ0v) is 18.7. The summed E-state index contributed by atoms with van der Waals surface area (Å²) in [5, 5.41) is 6.42. The first-order valence-corrected chi connectivity index (χ1v) is 10.1. The number of methoxy groups -OCH3 is 1. The van der Waals surface area contributed by atoms with Crippen LogP contribution in [0.15, 0.2) is 42.5 Å². The number of carbonyl (C=O) groups excluding carboxylic acids is 2. The molecule has 2 aromatic carbocycles. The van der Waals surface area contributed by atoms with Crippen LogP contribution in [0.1, 0.15) is 50.2 Å². The molecule has 2 N–H and O–H groups in total. The molecule has 1 aliphatic rings.